The van der Waals surface area contributed by atoms with E-state index in [0.29, 0.717) is 17.8 Å². The predicted molar refractivity (Wildman–Crippen MR) is 118 cm³/mol. The first-order valence-corrected chi connectivity index (χ1v) is 9.93. The monoisotopic (exact) mass is 397 g/mol. The number of hydrogen-bond donors (Lipinski definition) is 1. The minimum Gasteiger partial charge on any atom is -0.375 e. The lowest BCUT2D eigenvalue weighted by molar-refractivity contribution is -0.140. The van der Waals surface area contributed by atoms with Crippen LogP contribution >= 0.6 is 0 Å². The van der Waals surface area contributed by atoms with Crippen LogP contribution in [0.5, 0.6) is 0 Å². The lowest BCUT2D eigenvalue weighted by Gasteiger charge is -2.23. The fraction of sp³-hybridized carbons (Fsp3) is 0.154. The average Bonchev–Trinajstić information content (AvgIpc) is 2.96. The lowest BCUT2D eigenvalue weighted by Crippen LogP contribution is -2.41. The number of hydrogen-bond acceptors (Lipinski definition) is 3. The summed E-state index contributed by atoms with van der Waals surface area (Å²) in [6, 6.07) is 24.4. The number of amides is 1. The molecule has 1 heterocycles. The Morgan fingerprint density at radius 1 is 0.967 bits per heavy atom. The summed E-state index contributed by atoms with van der Waals surface area (Å²) in [5.41, 5.74) is 2.22. The van der Waals surface area contributed by atoms with Crippen molar-refractivity contribution in [2.24, 2.45) is 0 Å². The molecular weight excluding hydrogens is 374 g/mol. The molecule has 0 aromatic heterocycles. The summed E-state index contributed by atoms with van der Waals surface area (Å²) < 4.78 is 0. The van der Waals surface area contributed by atoms with E-state index in [0.717, 1.165) is 16.7 Å². The first-order chi connectivity index (χ1) is 14.5. The highest BCUT2D eigenvalue weighted by atomic mass is 16.3. The van der Waals surface area contributed by atoms with Crippen LogP contribution in [0.25, 0.3) is 6.08 Å². The fourth-order valence-corrected chi connectivity index (χ4v) is 3.86. The minimum absolute atomic E-state index is 0.295. The molecule has 1 aliphatic rings. The molecule has 4 nitrogen and oxygen atoms in total. The number of para-hydroxylation sites is 1. The zero-order valence-corrected chi connectivity index (χ0v) is 16.8. The Hall–Kier alpha value is -3.50. The molecule has 4 heteroatoms. The molecule has 30 heavy (non-hydrogen) atoms. The van der Waals surface area contributed by atoms with Crippen molar-refractivity contribution in [2.75, 3.05) is 4.90 Å². The highest BCUT2D eigenvalue weighted by Crippen LogP contribution is 2.43. The van der Waals surface area contributed by atoms with Crippen LogP contribution in [0.1, 0.15) is 28.7 Å². The van der Waals surface area contributed by atoms with Crippen LogP contribution in [0, 0.1) is 6.92 Å². The van der Waals surface area contributed by atoms with E-state index in [1.165, 1.54) is 6.08 Å². The Bertz CT molecular complexity index is 1120. The molecule has 150 valence electrons. The molecule has 1 N–H and O–H groups in total. The maximum Gasteiger partial charge on any atom is 0.264 e. The number of allylic oxidation sites excluding steroid dienone is 1. The van der Waals surface area contributed by atoms with E-state index < -0.39 is 11.5 Å². The summed E-state index contributed by atoms with van der Waals surface area (Å²) in [5.74, 6) is -0.768. The molecular formula is C26H23NO3. The number of carbonyl (C=O) groups is 2. The molecule has 1 atom stereocenters. The Kier molecular flexibility index (Phi) is 5.34. The van der Waals surface area contributed by atoms with Gasteiger partial charge in [-0.2, -0.15) is 0 Å². The standard InChI is InChI=1S/C26H23NO3/c1-19-9-5-6-12-21(19)18-27-24-14-8-7-13-23(24)26(30,25(27)29)17-22(28)16-15-20-10-3-2-4-11-20/h2-16,30H,17-18H2,1H3/b16-15+/t26-/m0/s1. The molecule has 1 amide bonds. The van der Waals surface area contributed by atoms with Crippen molar-refractivity contribution < 1.29 is 14.7 Å². The van der Waals surface area contributed by atoms with E-state index >= 15 is 0 Å². The molecule has 0 bridgehead atoms. The first kappa shape index (κ1) is 19.8. The number of fused-ring (bicyclic) bond motifs is 1. The highest BCUT2D eigenvalue weighted by molar-refractivity contribution is 6.10. The van der Waals surface area contributed by atoms with E-state index in [9.17, 15) is 14.7 Å². The quantitative estimate of drug-likeness (QED) is 0.627. The molecule has 0 unspecified atom stereocenters. The van der Waals surface area contributed by atoms with E-state index in [-0.39, 0.29) is 12.2 Å². The van der Waals surface area contributed by atoms with Gasteiger partial charge in [0.2, 0.25) is 0 Å². The summed E-state index contributed by atoms with van der Waals surface area (Å²) in [6.45, 7) is 2.34. The molecule has 0 saturated heterocycles. The van der Waals surface area contributed by atoms with Crippen molar-refractivity contribution in [1.82, 2.24) is 0 Å². The fourth-order valence-electron chi connectivity index (χ4n) is 3.86. The van der Waals surface area contributed by atoms with Gasteiger partial charge in [-0.15, -0.1) is 0 Å². The maximum atomic E-state index is 13.3. The van der Waals surface area contributed by atoms with Gasteiger partial charge in [-0.1, -0.05) is 78.9 Å². The van der Waals surface area contributed by atoms with Gasteiger partial charge < -0.3 is 10.0 Å². The second-order valence-corrected chi connectivity index (χ2v) is 7.58. The van der Waals surface area contributed by atoms with Gasteiger partial charge in [0.05, 0.1) is 18.7 Å². The number of aryl methyl sites for hydroxylation is 1. The summed E-state index contributed by atoms with van der Waals surface area (Å²) in [4.78, 5) is 27.5. The smallest absolute Gasteiger partial charge is 0.264 e. The minimum atomic E-state index is -1.86. The number of aliphatic hydroxyl groups is 1. The number of rotatable bonds is 6. The topological polar surface area (TPSA) is 57.6 Å². The third-order valence-corrected chi connectivity index (χ3v) is 5.52. The van der Waals surface area contributed by atoms with Gasteiger partial charge in [0, 0.05) is 5.56 Å². The van der Waals surface area contributed by atoms with E-state index in [2.05, 4.69) is 0 Å². The van der Waals surface area contributed by atoms with Crippen LogP contribution in [-0.2, 0) is 21.7 Å². The summed E-state index contributed by atoms with van der Waals surface area (Å²) in [6.07, 6.45) is 2.83. The van der Waals surface area contributed by atoms with Crippen LogP contribution in [0.4, 0.5) is 5.69 Å². The van der Waals surface area contributed by atoms with Gasteiger partial charge in [0.1, 0.15) is 0 Å². The Morgan fingerprint density at radius 3 is 2.40 bits per heavy atom. The third-order valence-electron chi connectivity index (χ3n) is 5.52. The van der Waals surface area contributed by atoms with Crippen LogP contribution in [0.2, 0.25) is 0 Å². The zero-order valence-electron chi connectivity index (χ0n) is 16.8. The van der Waals surface area contributed by atoms with Crippen molar-refractivity contribution in [3.63, 3.8) is 0 Å². The van der Waals surface area contributed by atoms with Gasteiger partial charge in [0.15, 0.2) is 11.4 Å². The summed E-state index contributed by atoms with van der Waals surface area (Å²) >= 11 is 0. The molecule has 0 fully saturated rings. The second kappa shape index (κ2) is 8.09. The number of carbonyl (C=O) groups excluding carboxylic acids is 2. The van der Waals surface area contributed by atoms with Crippen molar-refractivity contribution >= 4 is 23.5 Å². The van der Waals surface area contributed by atoms with E-state index in [1.54, 1.807) is 23.1 Å². The van der Waals surface area contributed by atoms with Crippen molar-refractivity contribution in [1.29, 1.82) is 0 Å². The molecule has 0 radical (unpaired) electrons. The Balaban J connectivity index is 1.61. The first-order valence-electron chi connectivity index (χ1n) is 9.93. The van der Waals surface area contributed by atoms with Crippen molar-refractivity contribution in [3.05, 3.63) is 107 Å². The van der Waals surface area contributed by atoms with Crippen LogP contribution in [-0.4, -0.2) is 16.8 Å². The van der Waals surface area contributed by atoms with Gasteiger partial charge >= 0.3 is 0 Å². The van der Waals surface area contributed by atoms with Gasteiger partial charge in [-0.05, 0) is 35.8 Å². The third kappa shape index (κ3) is 3.70. The predicted octanol–water partition coefficient (Wildman–Crippen LogP) is 4.40. The molecule has 0 saturated carbocycles. The zero-order chi connectivity index (χ0) is 21.1. The maximum absolute atomic E-state index is 13.3. The molecule has 0 aliphatic carbocycles. The number of ketones is 1. The molecule has 3 aromatic rings. The molecule has 4 rings (SSSR count). The van der Waals surface area contributed by atoms with E-state index in [4.69, 9.17) is 0 Å². The largest absolute Gasteiger partial charge is 0.375 e. The van der Waals surface area contributed by atoms with Gasteiger partial charge in [0.25, 0.3) is 5.91 Å². The Labute approximate surface area is 176 Å². The normalized spacial score (nSPS) is 18.1. The summed E-state index contributed by atoms with van der Waals surface area (Å²) in [7, 11) is 0. The highest BCUT2D eigenvalue weighted by Gasteiger charge is 2.50. The number of nitrogens with zero attached hydrogens (tertiary/aromatic N) is 1. The molecule has 1 aliphatic heterocycles. The summed E-state index contributed by atoms with van der Waals surface area (Å²) in [5, 5.41) is 11.4. The molecule has 3 aromatic carbocycles. The number of benzene rings is 3. The van der Waals surface area contributed by atoms with Crippen LogP contribution in [0.3, 0.4) is 0 Å². The second-order valence-electron chi connectivity index (χ2n) is 7.58. The van der Waals surface area contributed by atoms with Gasteiger partial charge in [-0.25, -0.2) is 0 Å². The lowest BCUT2D eigenvalue weighted by atomic mass is 9.89. The van der Waals surface area contributed by atoms with Crippen molar-refractivity contribution in [2.45, 2.75) is 25.5 Å². The molecule has 0 spiro atoms. The van der Waals surface area contributed by atoms with Crippen LogP contribution < -0.4 is 4.90 Å². The number of anilines is 1. The van der Waals surface area contributed by atoms with Crippen molar-refractivity contribution in [3.8, 4) is 0 Å². The van der Waals surface area contributed by atoms with E-state index in [1.807, 2.05) is 73.7 Å². The SMILES string of the molecule is Cc1ccccc1CN1C(=O)[C@](O)(CC(=O)/C=C/c2ccccc2)c2ccccc21. The van der Waals surface area contributed by atoms with Crippen LogP contribution in [0.15, 0.2) is 84.9 Å². The average molecular weight is 397 g/mol. The Morgan fingerprint density at radius 2 is 1.63 bits per heavy atom. The van der Waals surface area contributed by atoms with Gasteiger partial charge in [-0.3, -0.25) is 9.59 Å².